The lowest BCUT2D eigenvalue weighted by Gasteiger charge is -2.30. The summed E-state index contributed by atoms with van der Waals surface area (Å²) in [6.07, 6.45) is 1.27. The molecule has 0 unspecified atom stereocenters. The number of likely N-dealkylation sites (tertiary alicyclic amines) is 1. The van der Waals surface area contributed by atoms with Crippen LogP contribution in [0.25, 0.3) is 10.6 Å². The molecule has 2 heterocycles. The number of piperidine rings is 1. The van der Waals surface area contributed by atoms with Crippen LogP contribution in [0.2, 0.25) is 0 Å². The molecule has 0 aliphatic carbocycles. The summed E-state index contributed by atoms with van der Waals surface area (Å²) < 4.78 is 9.93. The Bertz CT molecular complexity index is 749. The van der Waals surface area contributed by atoms with Crippen molar-refractivity contribution in [2.45, 2.75) is 12.8 Å². The maximum atomic E-state index is 12.6. The van der Waals surface area contributed by atoms with Crippen LogP contribution in [0.1, 0.15) is 23.3 Å². The van der Waals surface area contributed by atoms with Crippen molar-refractivity contribution in [1.29, 1.82) is 0 Å². The van der Waals surface area contributed by atoms with Crippen molar-refractivity contribution >= 4 is 23.2 Å². The van der Waals surface area contributed by atoms with Crippen molar-refractivity contribution in [3.8, 4) is 16.3 Å². The summed E-state index contributed by atoms with van der Waals surface area (Å²) in [4.78, 5) is 30.4. The van der Waals surface area contributed by atoms with E-state index in [-0.39, 0.29) is 17.8 Å². The van der Waals surface area contributed by atoms with Crippen LogP contribution in [0, 0.1) is 5.92 Å². The molecule has 1 aliphatic rings. The molecule has 1 saturated heterocycles. The first kappa shape index (κ1) is 17.4. The molecule has 0 spiro atoms. The summed E-state index contributed by atoms with van der Waals surface area (Å²) in [7, 11) is 3.02. The largest absolute Gasteiger partial charge is 0.497 e. The monoisotopic (exact) mass is 360 g/mol. The lowest BCUT2D eigenvalue weighted by atomic mass is 9.97. The Morgan fingerprint density at radius 2 is 1.84 bits per heavy atom. The van der Waals surface area contributed by atoms with Gasteiger partial charge in [-0.2, -0.15) is 0 Å². The fourth-order valence-electron chi connectivity index (χ4n) is 2.89. The number of rotatable bonds is 4. The molecule has 132 valence electrons. The van der Waals surface area contributed by atoms with E-state index in [1.54, 1.807) is 17.4 Å². The van der Waals surface area contributed by atoms with Crippen LogP contribution in [-0.2, 0) is 9.53 Å². The molecule has 0 radical (unpaired) electrons. The number of ether oxygens (including phenoxy) is 2. The molecule has 6 nitrogen and oxygen atoms in total. The van der Waals surface area contributed by atoms with Gasteiger partial charge in [0.2, 0.25) is 0 Å². The van der Waals surface area contributed by atoms with Crippen molar-refractivity contribution in [3.05, 3.63) is 35.3 Å². The maximum Gasteiger partial charge on any atom is 0.308 e. The van der Waals surface area contributed by atoms with Gasteiger partial charge in [0.25, 0.3) is 5.91 Å². The number of hydrogen-bond donors (Lipinski definition) is 0. The van der Waals surface area contributed by atoms with Crippen molar-refractivity contribution in [2.75, 3.05) is 27.3 Å². The van der Waals surface area contributed by atoms with E-state index in [0.717, 1.165) is 16.3 Å². The van der Waals surface area contributed by atoms with Crippen molar-refractivity contribution in [1.82, 2.24) is 9.88 Å². The van der Waals surface area contributed by atoms with Gasteiger partial charge in [-0.1, -0.05) is 0 Å². The highest BCUT2D eigenvalue weighted by Crippen LogP contribution is 2.27. The maximum absolute atomic E-state index is 12.6. The molecular weight excluding hydrogens is 340 g/mol. The van der Waals surface area contributed by atoms with E-state index in [1.165, 1.54) is 18.4 Å². The van der Waals surface area contributed by atoms with E-state index in [0.29, 0.717) is 31.6 Å². The molecule has 0 saturated carbocycles. The zero-order valence-electron chi connectivity index (χ0n) is 14.2. The predicted octanol–water partition coefficient (Wildman–Crippen LogP) is 2.84. The molecule has 1 aromatic heterocycles. The molecule has 2 aromatic rings. The Labute approximate surface area is 150 Å². The smallest absolute Gasteiger partial charge is 0.308 e. The summed E-state index contributed by atoms with van der Waals surface area (Å²) in [5, 5.41) is 2.59. The van der Waals surface area contributed by atoms with Gasteiger partial charge in [0, 0.05) is 24.0 Å². The minimum absolute atomic E-state index is 0.0840. The fourth-order valence-corrected chi connectivity index (χ4v) is 3.69. The molecule has 0 atom stereocenters. The molecule has 3 rings (SSSR count). The fraction of sp³-hybridized carbons (Fsp3) is 0.389. The molecule has 0 N–H and O–H groups in total. The van der Waals surface area contributed by atoms with Gasteiger partial charge in [-0.25, -0.2) is 4.98 Å². The normalized spacial score (nSPS) is 15.0. The van der Waals surface area contributed by atoms with Crippen LogP contribution >= 0.6 is 11.3 Å². The summed E-state index contributed by atoms with van der Waals surface area (Å²) in [6.45, 7) is 1.10. The number of benzene rings is 1. The van der Waals surface area contributed by atoms with Gasteiger partial charge >= 0.3 is 5.97 Å². The van der Waals surface area contributed by atoms with Crippen LogP contribution in [-0.4, -0.2) is 49.1 Å². The zero-order chi connectivity index (χ0) is 17.8. The molecule has 7 heteroatoms. The topological polar surface area (TPSA) is 68.7 Å². The highest BCUT2D eigenvalue weighted by molar-refractivity contribution is 7.13. The van der Waals surface area contributed by atoms with Crippen molar-refractivity contribution in [2.24, 2.45) is 5.92 Å². The van der Waals surface area contributed by atoms with Crippen LogP contribution in [0.4, 0.5) is 0 Å². The van der Waals surface area contributed by atoms with Gasteiger partial charge < -0.3 is 14.4 Å². The number of amides is 1. The van der Waals surface area contributed by atoms with Gasteiger partial charge in [0.1, 0.15) is 16.5 Å². The second-order valence-electron chi connectivity index (χ2n) is 5.86. The van der Waals surface area contributed by atoms with Crippen LogP contribution in [0.3, 0.4) is 0 Å². The van der Waals surface area contributed by atoms with Gasteiger partial charge in [-0.05, 0) is 37.1 Å². The van der Waals surface area contributed by atoms with Crippen molar-refractivity contribution < 1.29 is 19.1 Å². The number of esters is 1. The number of carbonyl (C=O) groups is 2. The number of carbonyl (C=O) groups excluding carboxylic acids is 2. The van der Waals surface area contributed by atoms with Gasteiger partial charge in [-0.3, -0.25) is 9.59 Å². The second kappa shape index (κ2) is 7.65. The molecule has 1 amide bonds. The third-order valence-corrected chi connectivity index (χ3v) is 5.27. The van der Waals surface area contributed by atoms with Gasteiger partial charge in [0.15, 0.2) is 0 Å². The predicted molar refractivity (Wildman–Crippen MR) is 94.7 cm³/mol. The lowest BCUT2D eigenvalue weighted by molar-refractivity contribution is -0.146. The number of nitrogens with zero attached hydrogens (tertiary/aromatic N) is 2. The first-order valence-corrected chi connectivity index (χ1v) is 8.97. The van der Waals surface area contributed by atoms with Crippen molar-refractivity contribution in [3.63, 3.8) is 0 Å². The minimum Gasteiger partial charge on any atom is -0.497 e. The van der Waals surface area contributed by atoms with Crippen LogP contribution < -0.4 is 4.74 Å². The first-order chi connectivity index (χ1) is 12.1. The second-order valence-corrected chi connectivity index (χ2v) is 6.71. The third kappa shape index (κ3) is 3.82. The Morgan fingerprint density at radius 1 is 1.16 bits per heavy atom. The minimum atomic E-state index is -0.192. The standard InChI is InChI=1S/C18H20N2O4S/c1-23-14-5-3-12(4-6-14)16-19-15(11-25-16)17(21)20-9-7-13(8-10-20)18(22)24-2/h3-6,11,13H,7-10H2,1-2H3. The Morgan fingerprint density at radius 3 is 2.44 bits per heavy atom. The summed E-state index contributed by atoms with van der Waals surface area (Å²) in [5.74, 6) is 0.395. The molecular formula is C18H20N2O4S. The quantitative estimate of drug-likeness (QED) is 0.784. The molecule has 1 aromatic carbocycles. The van der Waals surface area contributed by atoms with E-state index in [4.69, 9.17) is 9.47 Å². The van der Waals surface area contributed by atoms with Crippen LogP contribution in [0.15, 0.2) is 29.6 Å². The average molecular weight is 360 g/mol. The van der Waals surface area contributed by atoms with E-state index in [9.17, 15) is 9.59 Å². The Balaban J connectivity index is 1.66. The molecule has 25 heavy (non-hydrogen) atoms. The van der Waals surface area contributed by atoms with E-state index < -0.39 is 0 Å². The Hall–Kier alpha value is -2.41. The summed E-state index contributed by atoms with van der Waals surface area (Å²) in [5.41, 5.74) is 1.40. The summed E-state index contributed by atoms with van der Waals surface area (Å²) in [6, 6.07) is 7.59. The third-order valence-electron chi connectivity index (χ3n) is 4.38. The number of methoxy groups -OCH3 is 2. The van der Waals surface area contributed by atoms with Gasteiger partial charge in [0.05, 0.1) is 20.1 Å². The average Bonchev–Trinajstić information content (AvgIpc) is 3.17. The molecule has 1 fully saturated rings. The lowest BCUT2D eigenvalue weighted by Crippen LogP contribution is -2.40. The summed E-state index contributed by atoms with van der Waals surface area (Å²) >= 11 is 1.44. The van der Waals surface area contributed by atoms with E-state index in [1.807, 2.05) is 24.3 Å². The van der Waals surface area contributed by atoms with E-state index >= 15 is 0 Å². The van der Waals surface area contributed by atoms with Gasteiger partial charge in [-0.15, -0.1) is 11.3 Å². The first-order valence-electron chi connectivity index (χ1n) is 8.09. The SMILES string of the molecule is COC(=O)C1CCN(C(=O)c2csc(-c3ccc(OC)cc3)n2)CC1. The Kier molecular flexibility index (Phi) is 5.33. The van der Waals surface area contributed by atoms with E-state index in [2.05, 4.69) is 4.98 Å². The molecule has 0 bridgehead atoms. The van der Waals surface area contributed by atoms with Crippen LogP contribution in [0.5, 0.6) is 5.75 Å². The number of hydrogen-bond acceptors (Lipinski definition) is 6. The zero-order valence-corrected chi connectivity index (χ0v) is 15.0. The number of thiazole rings is 1. The highest BCUT2D eigenvalue weighted by Gasteiger charge is 2.29. The number of aromatic nitrogens is 1. The molecule has 1 aliphatic heterocycles. The highest BCUT2D eigenvalue weighted by atomic mass is 32.1.